The van der Waals surface area contributed by atoms with Crippen LogP contribution in [0.15, 0.2) is 18.3 Å². The Kier molecular flexibility index (Phi) is 4.27. The SMILES string of the molecule is CCc1c(CCN)cnn1-c1c(C)cc(C)cc1Cl. The smallest absolute Gasteiger partial charge is 0.0864 e. The number of aryl methyl sites for hydroxylation is 2. The zero-order valence-electron chi connectivity index (χ0n) is 11.7. The summed E-state index contributed by atoms with van der Waals surface area (Å²) in [6, 6.07) is 4.11. The highest BCUT2D eigenvalue weighted by Gasteiger charge is 2.14. The van der Waals surface area contributed by atoms with Gasteiger partial charge in [0.1, 0.15) is 0 Å². The van der Waals surface area contributed by atoms with Gasteiger partial charge in [0.25, 0.3) is 0 Å². The summed E-state index contributed by atoms with van der Waals surface area (Å²) >= 11 is 6.40. The van der Waals surface area contributed by atoms with Crippen molar-refractivity contribution in [1.82, 2.24) is 9.78 Å². The molecule has 2 N–H and O–H groups in total. The molecule has 1 heterocycles. The molecular formula is C15H20ClN3. The van der Waals surface area contributed by atoms with Gasteiger partial charge in [-0.25, -0.2) is 4.68 Å². The van der Waals surface area contributed by atoms with E-state index in [1.807, 2.05) is 23.9 Å². The van der Waals surface area contributed by atoms with Crippen molar-refractivity contribution in [2.75, 3.05) is 6.54 Å². The van der Waals surface area contributed by atoms with Gasteiger partial charge in [-0.05, 0) is 56.0 Å². The molecule has 3 nitrogen and oxygen atoms in total. The lowest BCUT2D eigenvalue weighted by Gasteiger charge is -2.13. The highest BCUT2D eigenvalue weighted by molar-refractivity contribution is 6.32. The van der Waals surface area contributed by atoms with Crippen LogP contribution in [0.1, 0.15) is 29.3 Å². The van der Waals surface area contributed by atoms with Gasteiger partial charge in [-0.15, -0.1) is 0 Å². The maximum absolute atomic E-state index is 6.40. The quantitative estimate of drug-likeness (QED) is 0.933. The molecule has 0 radical (unpaired) electrons. The minimum atomic E-state index is 0.638. The van der Waals surface area contributed by atoms with Crippen LogP contribution in [0.25, 0.3) is 5.69 Å². The van der Waals surface area contributed by atoms with Crippen molar-refractivity contribution in [3.05, 3.63) is 45.7 Å². The normalized spacial score (nSPS) is 11.0. The summed E-state index contributed by atoms with van der Waals surface area (Å²) in [5.41, 5.74) is 11.3. The molecule has 0 aliphatic rings. The van der Waals surface area contributed by atoms with Crippen LogP contribution in [0.2, 0.25) is 5.02 Å². The first kappa shape index (κ1) is 14.1. The van der Waals surface area contributed by atoms with Crippen LogP contribution < -0.4 is 5.73 Å². The van der Waals surface area contributed by atoms with E-state index >= 15 is 0 Å². The number of halogens is 1. The molecule has 1 aromatic carbocycles. The minimum Gasteiger partial charge on any atom is -0.330 e. The van der Waals surface area contributed by atoms with E-state index in [0.29, 0.717) is 6.54 Å². The fraction of sp³-hybridized carbons (Fsp3) is 0.400. The molecule has 19 heavy (non-hydrogen) atoms. The van der Waals surface area contributed by atoms with Crippen molar-refractivity contribution in [2.45, 2.75) is 33.6 Å². The van der Waals surface area contributed by atoms with E-state index < -0.39 is 0 Å². The van der Waals surface area contributed by atoms with E-state index in [1.165, 1.54) is 16.8 Å². The molecule has 2 aromatic rings. The monoisotopic (exact) mass is 277 g/mol. The number of hydrogen-bond donors (Lipinski definition) is 1. The van der Waals surface area contributed by atoms with Gasteiger partial charge in [-0.3, -0.25) is 0 Å². The molecule has 0 aliphatic heterocycles. The van der Waals surface area contributed by atoms with E-state index in [4.69, 9.17) is 17.3 Å². The molecule has 0 unspecified atom stereocenters. The van der Waals surface area contributed by atoms with Crippen molar-refractivity contribution in [3.8, 4) is 5.69 Å². The Balaban J connectivity index is 2.59. The van der Waals surface area contributed by atoms with Crippen molar-refractivity contribution in [1.29, 1.82) is 0 Å². The second-order valence-electron chi connectivity index (χ2n) is 4.83. The van der Waals surface area contributed by atoms with Crippen molar-refractivity contribution in [3.63, 3.8) is 0 Å². The first-order valence-electron chi connectivity index (χ1n) is 6.61. The highest BCUT2D eigenvalue weighted by atomic mass is 35.5. The standard InChI is InChI=1S/C15H20ClN3/c1-4-14-12(5-6-17)9-18-19(14)15-11(3)7-10(2)8-13(15)16/h7-9H,4-6,17H2,1-3H3. The number of nitrogens with two attached hydrogens (primary N) is 1. The maximum atomic E-state index is 6.40. The molecule has 0 bridgehead atoms. The third-order valence-corrected chi connectivity index (χ3v) is 3.60. The summed E-state index contributed by atoms with van der Waals surface area (Å²) in [7, 11) is 0. The van der Waals surface area contributed by atoms with Crippen LogP contribution in [-0.4, -0.2) is 16.3 Å². The molecule has 1 aromatic heterocycles. The van der Waals surface area contributed by atoms with Gasteiger partial charge in [0.05, 0.1) is 16.9 Å². The molecule has 0 saturated carbocycles. The van der Waals surface area contributed by atoms with E-state index in [9.17, 15) is 0 Å². The summed E-state index contributed by atoms with van der Waals surface area (Å²) in [6.07, 6.45) is 3.67. The van der Waals surface area contributed by atoms with Crippen molar-refractivity contribution < 1.29 is 0 Å². The number of aromatic nitrogens is 2. The molecule has 0 saturated heterocycles. The van der Waals surface area contributed by atoms with Crippen LogP contribution in [0, 0.1) is 13.8 Å². The van der Waals surface area contributed by atoms with Gasteiger partial charge >= 0.3 is 0 Å². The van der Waals surface area contributed by atoms with Crippen LogP contribution >= 0.6 is 11.6 Å². The first-order chi connectivity index (χ1) is 9.08. The van der Waals surface area contributed by atoms with Crippen LogP contribution in [0.4, 0.5) is 0 Å². The number of rotatable bonds is 4. The lowest BCUT2D eigenvalue weighted by Crippen LogP contribution is -2.08. The largest absolute Gasteiger partial charge is 0.330 e. The zero-order chi connectivity index (χ0) is 14.0. The third-order valence-electron chi connectivity index (χ3n) is 3.31. The van der Waals surface area contributed by atoms with Gasteiger partial charge in [0, 0.05) is 5.69 Å². The van der Waals surface area contributed by atoms with Crippen LogP contribution in [0.5, 0.6) is 0 Å². The predicted octanol–water partition coefficient (Wildman–Crippen LogP) is 3.21. The van der Waals surface area contributed by atoms with E-state index in [2.05, 4.69) is 25.0 Å². The topological polar surface area (TPSA) is 43.8 Å². The summed E-state index contributed by atoms with van der Waals surface area (Å²) in [4.78, 5) is 0. The summed E-state index contributed by atoms with van der Waals surface area (Å²) in [6.45, 7) is 6.88. The Morgan fingerprint density at radius 3 is 2.63 bits per heavy atom. The Morgan fingerprint density at radius 2 is 2.05 bits per heavy atom. The number of hydrogen-bond acceptors (Lipinski definition) is 2. The Labute approximate surface area is 119 Å². The zero-order valence-corrected chi connectivity index (χ0v) is 12.5. The van der Waals surface area contributed by atoms with E-state index in [0.717, 1.165) is 29.1 Å². The second kappa shape index (κ2) is 5.76. The molecule has 0 spiro atoms. The van der Waals surface area contributed by atoms with Gasteiger partial charge in [0.2, 0.25) is 0 Å². The van der Waals surface area contributed by atoms with E-state index in [1.54, 1.807) is 0 Å². The van der Waals surface area contributed by atoms with Crippen LogP contribution in [0.3, 0.4) is 0 Å². The molecule has 0 aliphatic carbocycles. The number of nitrogens with zero attached hydrogens (tertiary/aromatic N) is 2. The van der Waals surface area contributed by atoms with Gasteiger partial charge in [-0.2, -0.15) is 5.10 Å². The second-order valence-corrected chi connectivity index (χ2v) is 5.24. The van der Waals surface area contributed by atoms with Crippen molar-refractivity contribution in [2.24, 2.45) is 5.73 Å². The Hall–Kier alpha value is -1.32. The fourth-order valence-electron chi connectivity index (χ4n) is 2.52. The molecule has 0 atom stereocenters. The lowest BCUT2D eigenvalue weighted by molar-refractivity contribution is 0.800. The van der Waals surface area contributed by atoms with Gasteiger partial charge in [-0.1, -0.05) is 24.6 Å². The summed E-state index contributed by atoms with van der Waals surface area (Å²) in [5.74, 6) is 0. The molecule has 102 valence electrons. The molecule has 2 rings (SSSR count). The summed E-state index contributed by atoms with van der Waals surface area (Å²) < 4.78 is 1.96. The lowest BCUT2D eigenvalue weighted by atomic mass is 10.1. The third kappa shape index (κ3) is 2.67. The Bertz CT molecular complexity index is 564. The fourth-order valence-corrected chi connectivity index (χ4v) is 2.92. The average Bonchev–Trinajstić information content (AvgIpc) is 2.71. The van der Waals surface area contributed by atoms with Crippen molar-refractivity contribution >= 4 is 11.6 Å². The number of benzene rings is 1. The minimum absolute atomic E-state index is 0.638. The maximum Gasteiger partial charge on any atom is 0.0864 e. The molecule has 4 heteroatoms. The van der Waals surface area contributed by atoms with E-state index in [-0.39, 0.29) is 0 Å². The molecular weight excluding hydrogens is 258 g/mol. The predicted molar refractivity (Wildman–Crippen MR) is 80.2 cm³/mol. The average molecular weight is 278 g/mol. The highest BCUT2D eigenvalue weighted by Crippen LogP contribution is 2.27. The molecule has 0 amide bonds. The van der Waals surface area contributed by atoms with Crippen LogP contribution in [-0.2, 0) is 12.8 Å². The summed E-state index contributed by atoms with van der Waals surface area (Å²) in [5, 5.41) is 5.25. The first-order valence-corrected chi connectivity index (χ1v) is 6.99. The van der Waals surface area contributed by atoms with Gasteiger partial charge in [0.15, 0.2) is 0 Å². The molecule has 0 fully saturated rings. The van der Waals surface area contributed by atoms with Gasteiger partial charge < -0.3 is 5.73 Å². The Morgan fingerprint density at radius 1 is 1.32 bits per heavy atom.